The smallest absolute Gasteiger partial charge is 0.321 e. The highest BCUT2D eigenvalue weighted by atomic mass is 32.2. The van der Waals surface area contributed by atoms with E-state index in [1.54, 1.807) is 20.9 Å². The number of aliphatic carboxylic acids is 1. The highest BCUT2D eigenvalue weighted by Crippen LogP contribution is 2.19. The highest BCUT2D eigenvalue weighted by molar-refractivity contribution is 7.89. The van der Waals surface area contributed by atoms with Gasteiger partial charge < -0.3 is 5.11 Å². The molecule has 0 aliphatic rings. The zero-order chi connectivity index (χ0) is 15.5. The number of hydrogen-bond acceptors (Lipinski definition) is 4. The Balaban J connectivity index is 3.07. The standard InChI is InChI=1S/C12H21N3O4S/c1-5-6-7-10(12(16)17)14-20(18,19)11-8(2)13-15(4)9(11)3/h10,14H,5-7H2,1-4H3,(H,16,17)/t10-/m0/s1. The van der Waals surface area contributed by atoms with Crippen LogP contribution in [0.2, 0.25) is 0 Å². The lowest BCUT2D eigenvalue weighted by molar-refractivity contribution is -0.139. The summed E-state index contributed by atoms with van der Waals surface area (Å²) in [5.74, 6) is -1.17. The molecular weight excluding hydrogens is 282 g/mol. The molecule has 1 aromatic heterocycles. The van der Waals surface area contributed by atoms with Gasteiger partial charge in [-0.2, -0.15) is 9.82 Å². The maximum atomic E-state index is 12.3. The molecule has 0 aliphatic heterocycles. The van der Waals surface area contributed by atoms with E-state index < -0.39 is 22.0 Å². The maximum Gasteiger partial charge on any atom is 0.321 e. The molecule has 0 saturated carbocycles. The lowest BCUT2D eigenvalue weighted by Crippen LogP contribution is -2.41. The number of rotatable bonds is 7. The molecule has 1 rings (SSSR count). The van der Waals surface area contributed by atoms with Crippen LogP contribution in [0.1, 0.15) is 37.6 Å². The van der Waals surface area contributed by atoms with E-state index in [9.17, 15) is 13.2 Å². The third kappa shape index (κ3) is 3.57. The normalized spacial score (nSPS) is 13.4. The Bertz CT molecular complexity index is 592. The molecule has 0 unspecified atom stereocenters. The van der Waals surface area contributed by atoms with Crippen LogP contribution < -0.4 is 4.72 Å². The minimum Gasteiger partial charge on any atom is -0.480 e. The van der Waals surface area contributed by atoms with Gasteiger partial charge in [-0.1, -0.05) is 19.8 Å². The Kier molecular flexibility index (Phi) is 5.29. The van der Waals surface area contributed by atoms with Crippen molar-refractivity contribution in [3.05, 3.63) is 11.4 Å². The SMILES string of the molecule is CCCC[C@H](NS(=O)(=O)c1c(C)nn(C)c1C)C(=O)O. The second-order valence-electron chi connectivity index (χ2n) is 4.78. The molecule has 0 saturated heterocycles. The third-order valence-electron chi connectivity index (χ3n) is 3.15. The summed E-state index contributed by atoms with van der Waals surface area (Å²) in [6.07, 6.45) is 1.71. The van der Waals surface area contributed by atoms with Gasteiger partial charge in [-0.25, -0.2) is 8.42 Å². The average molecular weight is 303 g/mol. The summed E-state index contributed by atoms with van der Waals surface area (Å²) in [6.45, 7) is 5.14. The van der Waals surface area contributed by atoms with Crippen LogP contribution in [0, 0.1) is 13.8 Å². The molecule has 114 valence electrons. The van der Waals surface area contributed by atoms with Crippen LogP contribution in [-0.2, 0) is 21.9 Å². The molecular formula is C12H21N3O4S. The van der Waals surface area contributed by atoms with E-state index in [0.717, 1.165) is 6.42 Å². The lowest BCUT2D eigenvalue weighted by Gasteiger charge is -2.14. The molecule has 0 spiro atoms. The fourth-order valence-electron chi connectivity index (χ4n) is 2.03. The number of nitrogens with zero attached hydrogens (tertiary/aromatic N) is 2. The molecule has 0 bridgehead atoms. The topological polar surface area (TPSA) is 101 Å². The van der Waals surface area contributed by atoms with Gasteiger partial charge in [0.15, 0.2) is 0 Å². The molecule has 0 fully saturated rings. The first-order valence-electron chi connectivity index (χ1n) is 6.46. The van der Waals surface area contributed by atoms with Crippen molar-refractivity contribution in [2.75, 3.05) is 0 Å². The molecule has 0 radical (unpaired) electrons. The number of carbonyl (C=O) groups is 1. The minimum atomic E-state index is -3.89. The van der Waals surface area contributed by atoms with Crippen molar-refractivity contribution in [2.45, 2.75) is 51.0 Å². The van der Waals surface area contributed by atoms with Gasteiger partial charge in [-0.3, -0.25) is 9.48 Å². The zero-order valence-electron chi connectivity index (χ0n) is 12.2. The summed E-state index contributed by atoms with van der Waals surface area (Å²) in [5, 5.41) is 13.1. The summed E-state index contributed by atoms with van der Waals surface area (Å²) in [4.78, 5) is 11.2. The van der Waals surface area contributed by atoms with Crippen molar-refractivity contribution in [1.29, 1.82) is 0 Å². The van der Waals surface area contributed by atoms with Gasteiger partial charge in [-0.05, 0) is 20.3 Å². The Morgan fingerprint density at radius 3 is 2.45 bits per heavy atom. The largest absolute Gasteiger partial charge is 0.480 e. The van der Waals surface area contributed by atoms with Gasteiger partial charge >= 0.3 is 5.97 Å². The third-order valence-corrected chi connectivity index (χ3v) is 4.88. The lowest BCUT2D eigenvalue weighted by atomic mass is 10.1. The van der Waals surface area contributed by atoms with Crippen LogP contribution in [0.3, 0.4) is 0 Å². The molecule has 7 nitrogen and oxygen atoms in total. The van der Waals surface area contributed by atoms with E-state index in [1.807, 2.05) is 6.92 Å². The minimum absolute atomic E-state index is 0.0581. The van der Waals surface area contributed by atoms with Gasteiger partial charge in [0.25, 0.3) is 0 Å². The Hall–Kier alpha value is -1.41. The Labute approximate surface area is 119 Å². The van der Waals surface area contributed by atoms with E-state index in [-0.39, 0.29) is 11.3 Å². The number of carboxylic acids is 1. The molecule has 8 heteroatoms. The van der Waals surface area contributed by atoms with Crippen LogP contribution in [0.5, 0.6) is 0 Å². The van der Waals surface area contributed by atoms with Crippen molar-refractivity contribution in [3.63, 3.8) is 0 Å². The van der Waals surface area contributed by atoms with Gasteiger partial charge in [-0.15, -0.1) is 0 Å². The second-order valence-corrected chi connectivity index (χ2v) is 6.43. The predicted molar refractivity (Wildman–Crippen MR) is 74.0 cm³/mol. The number of sulfonamides is 1. The van der Waals surface area contributed by atoms with Gasteiger partial charge in [0.05, 0.1) is 11.4 Å². The van der Waals surface area contributed by atoms with Crippen molar-refractivity contribution in [3.8, 4) is 0 Å². The molecule has 1 aromatic rings. The maximum absolute atomic E-state index is 12.3. The summed E-state index contributed by atoms with van der Waals surface area (Å²) in [5.41, 5.74) is 0.840. The average Bonchev–Trinajstić information content (AvgIpc) is 2.58. The number of hydrogen-bond donors (Lipinski definition) is 2. The van der Waals surface area contributed by atoms with Crippen molar-refractivity contribution < 1.29 is 18.3 Å². The summed E-state index contributed by atoms with van der Waals surface area (Å²) < 4.78 is 28.4. The molecule has 1 atom stereocenters. The van der Waals surface area contributed by atoms with Crippen molar-refractivity contribution in [2.24, 2.45) is 7.05 Å². The van der Waals surface area contributed by atoms with E-state index in [0.29, 0.717) is 17.8 Å². The number of aromatic nitrogens is 2. The first-order chi connectivity index (χ1) is 9.20. The summed E-state index contributed by atoms with van der Waals surface area (Å²) >= 11 is 0. The van der Waals surface area contributed by atoms with Crippen LogP contribution in [0.15, 0.2) is 4.90 Å². The highest BCUT2D eigenvalue weighted by Gasteiger charge is 2.29. The predicted octanol–water partition coefficient (Wildman–Crippen LogP) is 0.959. The van der Waals surface area contributed by atoms with E-state index in [4.69, 9.17) is 5.11 Å². The monoisotopic (exact) mass is 303 g/mol. The zero-order valence-corrected chi connectivity index (χ0v) is 13.0. The number of aryl methyl sites for hydroxylation is 2. The number of unbranched alkanes of at least 4 members (excludes halogenated alkanes) is 1. The first-order valence-corrected chi connectivity index (χ1v) is 7.94. The number of carboxylic acid groups (broad SMARTS) is 1. The van der Waals surface area contributed by atoms with E-state index >= 15 is 0 Å². The van der Waals surface area contributed by atoms with Gasteiger partial charge in [0.1, 0.15) is 10.9 Å². The van der Waals surface area contributed by atoms with E-state index in [2.05, 4.69) is 9.82 Å². The second kappa shape index (κ2) is 6.36. The summed E-state index contributed by atoms with van der Waals surface area (Å²) in [6, 6.07) is -1.11. The molecule has 2 N–H and O–H groups in total. The van der Waals surface area contributed by atoms with Crippen LogP contribution in [-0.4, -0.2) is 35.3 Å². The Morgan fingerprint density at radius 2 is 2.05 bits per heavy atom. The van der Waals surface area contributed by atoms with Crippen LogP contribution in [0.4, 0.5) is 0 Å². The quantitative estimate of drug-likeness (QED) is 0.781. The molecule has 20 heavy (non-hydrogen) atoms. The molecule has 0 aliphatic carbocycles. The van der Waals surface area contributed by atoms with Gasteiger partial charge in [0.2, 0.25) is 10.0 Å². The number of nitrogens with one attached hydrogen (secondary N) is 1. The molecule has 1 heterocycles. The van der Waals surface area contributed by atoms with Crippen molar-refractivity contribution in [1.82, 2.24) is 14.5 Å². The van der Waals surface area contributed by atoms with Crippen LogP contribution >= 0.6 is 0 Å². The molecule has 0 amide bonds. The Morgan fingerprint density at radius 1 is 1.45 bits per heavy atom. The summed E-state index contributed by atoms with van der Waals surface area (Å²) in [7, 11) is -2.24. The van der Waals surface area contributed by atoms with Gasteiger partial charge in [0, 0.05) is 7.05 Å². The molecule has 0 aromatic carbocycles. The van der Waals surface area contributed by atoms with Crippen LogP contribution in [0.25, 0.3) is 0 Å². The van der Waals surface area contributed by atoms with Crippen molar-refractivity contribution >= 4 is 16.0 Å². The fraction of sp³-hybridized carbons (Fsp3) is 0.667. The first kappa shape index (κ1) is 16.6. The van der Waals surface area contributed by atoms with E-state index in [1.165, 1.54) is 4.68 Å². The fourth-order valence-corrected chi connectivity index (χ4v) is 3.69.